The monoisotopic (exact) mass is 205 g/mol. The Morgan fingerprint density at radius 2 is 2.13 bits per heavy atom. The van der Waals surface area contributed by atoms with Crippen molar-refractivity contribution in [3.8, 4) is 0 Å². The summed E-state index contributed by atoms with van der Waals surface area (Å²) in [6, 6.07) is 10.8. The highest BCUT2D eigenvalue weighted by molar-refractivity contribution is 5.14. The molecule has 2 unspecified atom stereocenters. The summed E-state index contributed by atoms with van der Waals surface area (Å²) in [5, 5.41) is 0. The number of ether oxygens (including phenoxy) is 1. The van der Waals surface area contributed by atoms with Gasteiger partial charge in [0.2, 0.25) is 0 Å². The molecule has 0 saturated carbocycles. The first-order valence-electron chi connectivity index (χ1n) is 5.73. The Morgan fingerprint density at radius 3 is 2.80 bits per heavy atom. The van der Waals surface area contributed by atoms with Crippen LogP contribution >= 0.6 is 0 Å². The van der Waals surface area contributed by atoms with E-state index in [2.05, 4.69) is 24.3 Å². The molecule has 1 fully saturated rings. The van der Waals surface area contributed by atoms with Crippen molar-refractivity contribution >= 4 is 0 Å². The number of rotatable bonds is 4. The molecular formula is C13H19NO. The molecule has 1 aromatic rings. The summed E-state index contributed by atoms with van der Waals surface area (Å²) in [7, 11) is 0. The molecule has 1 aromatic carbocycles. The SMILES string of the molecule is NC(CCc1ccccc1)C1CCOC1. The quantitative estimate of drug-likeness (QED) is 0.815. The van der Waals surface area contributed by atoms with Gasteiger partial charge < -0.3 is 10.5 Å². The Bertz CT molecular complexity index is 280. The zero-order valence-electron chi connectivity index (χ0n) is 9.06. The highest BCUT2D eigenvalue weighted by Gasteiger charge is 2.22. The molecule has 82 valence electrons. The fraction of sp³-hybridized carbons (Fsp3) is 0.538. The van der Waals surface area contributed by atoms with Crippen LogP contribution in [0.3, 0.4) is 0 Å². The first kappa shape index (κ1) is 10.7. The Labute approximate surface area is 91.4 Å². The van der Waals surface area contributed by atoms with Crippen molar-refractivity contribution in [2.24, 2.45) is 11.7 Å². The van der Waals surface area contributed by atoms with Gasteiger partial charge >= 0.3 is 0 Å². The molecule has 0 bridgehead atoms. The molecule has 2 atom stereocenters. The second-order valence-corrected chi connectivity index (χ2v) is 4.31. The van der Waals surface area contributed by atoms with E-state index < -0.39 is 0 Å². The number of nitrogens with two attached hydrogens (primary N) is 1. The summed E-state index contributed by atoms with van der Waals surface area (Å²) < 4.78 is 5.35. The van der Waals surface area contributed by atoms with Crippen LogP contribution in [-0.4, -0.2) is 19.3 Å². The van der Waals surface area contributed by atoms with Crippen LogP contribution in [-0.2, 0) is 11.2 Å². The van der Waals surface area contributed by atoms with Gasteiger partial charge in [-0.25, -0.2) is 0 Å². The molecule has 0 amide bonds. The van der Waals surface area contributed by atoms with Crippen molar-refractivity contribution in [2.45, 2.75) is 25.3 Å². The van der Waals surface area contributed by atoms with E-state index in [1.54, 1.807) is 0 Å². The molecule has 1 saturated heterocycles. The van der Waals surface area contributed by atoms with Crippen LogP contribution < -0.4 is 5.73 Å². The molecular weight excluding hydrogens is 186 g/mol. The van der Waals surface area contributed by atoms with Gasteiger partial charge in [0, 0.05) is 12.6 Å². The van der Waals surface area contributed by atoms with E-state index in [1.807, 2.05) is 6.07 Å². The fourth-order valence-corrected chi connectivity index (χ4v) is 2.10. The Balaban J connectivity index is 1.77. The summed E-state index contributed by atoms with van der Waals surface area (Å²) in [5.41, 5.74) is 7.53. The van der Waals surface area contributed by atoms with Crippen LogP contribution in [0.1, 0.15) is 18.4 Å². The van der Waals surface area contributed by atoms with Crippen molar-refractivity contribution < 1.29 is 4.74 Å². The minimum Gasteiger partial charge on any atom is -0.381 e. The van der Waals surface area contributed by atoms with Crippen molar-refractivity contribution in [3.05, 3.63) is 35.9 Å². The van der Waals surface area contributed by atoms with Gasteiger partial charge in [-0.05, 0) is 30.7 Å². The lowest BCUT2D eigenvalue weighted by atomic mass is 9.94. The average molecular weight is 205 g/mol. The molecule has 1 aliphatic heterocycles. The maximum atomic E-state index is 6.15. The fourth-order valence-electron chi connectivity index (χ4n) is 2.10. The Morgan fingerprint density at radius 1 is 1.33 bits per heavy atom. The highest BCUT2D eigenvalue weighted by Crippen LogP contribution is 2.18. The van der Waals surface area contributed by atoms with E-state index in [4.69, 9.17) is 10.5 Å². The highest BCUT2D eigenvalue weighted by atomic mass is 16.5. The zero-order chi connectivity index (χ0) is 10.5. The molecule has 0 spiro atoms. The summed E-state index contributed by atoms with van der Waals surface area (Å²) >= 11 is 0. The molecule has 0 aromatic heterocycles. The second-order valence-electron chi connectivity index (χ2n) is 4.31. The van der Waals surface area contributed by atoms with E-state index in [9.17, 15) is 0 Å². The van der Waals surface area contributed by atoms with Gasteiger partial charge in [0.1, 0.15) is 0 Å². The maximum absolute atomic E-state index is 6.15. The largest absolute Gasteiger partial charge is 0.381 e. The molecule has 15 heavy (non-hydrogen) atoms. The zero-order valence-corrected chi connectivity index (χ0v) is 9.06. The number of hydrogen-bond acceptors (Lipinski definition) is 2. The average Bonchev–Trinajstić information content (AvgIpc) is 2.81. The summed E-state index contributed by atoms with van der Waals surface area (Å²) in [6.45, 7) is 1.75. The van der Waals surface area contributed by atoms with E-state index in [1.165, 1.54) is 5.56 Å². The molecule has 0 radical (unpaired) electrons. The van der Waals surface area contributed by atoms with Crippen LogP contribution in [0, 0.1) is 5.92 Å². The summed E-state index contributed by atoms with van der Waals surface area (Å²) in [5.74, 6) is 0.578. The van der Waals surface area contributed by atoms with Crippen LogP contribution in [0.15, 0.2) is 30.3 Å². The van der Waals surface area contributed by atoms with Crippen LogP contribution in [0.5, 0.6) is 0 Å². The van der Waals surface area contributed by atoms with Gasteiger partial charge in [-0.15, -0.1) is 0 Å². The van der Waals surface area contributed by atoms with Crippen molar-refractivity contribution in [2.75, 3.05) is 13.2 Å². The predicted molar refractivity (Wildman–Crippen MR) is 61.7 cm³/mol. The number of benzene rings is 1. The molecule has 2 heteroatoms. The van der Waals surface area contributed by atoms with Crippen molar-refractivity contribution in [3.63, 3.8) is 0 Å². The summed E-state index contributed by atoms with van der Waals surface area (Å²) in [6.07, 6.45) is 3.28. The van der Waals surface area contributed by atoms with E-state index >= 15 is 0 Å². The topological polar surface area (TPSA) is 35.2 Å². The molecule has 2 N–H and O–H groups in total. The van der Waals surface area contributed by atoms with Gasteiger partial charge in [0.25, 0.3) is 0 Å². The van der Waals surface area contributed by atoms with Crippen LogP contribution in [0.25, 0.3) is 0 Å². The third kappa shape index (κ3) is 3.05. The van der Waals surface area contributed by atoms with Gasteiger partial charge in [-0.1, -0.05) is 30.3 Å². The molecule has 2 nitrogen and oxygen atoms in total. The predicted octanol–water partition coefficient (Wildman–Crippen LogP) is 1.98. The Kier molecular flexibility index (Phi) is 3.75. The molecule has 1 heterocycles. The van der Waals surface area contributed by atoms with Gasteiger partial charge in [0.15, 0.2) is 0 Å². The standard InChI is InChI=1S/C13H19NO/c14-13(12-8-9-15-10-12)7-6-11-4-2-1-3-5-11/h1-5,12-13H,6-10,14H2. The number of hydrogen-bond donors (Lipinski definition) is 1. The van der Waals surface area contributed by atoms with Gasteiger partial charge in [0.05, 0.1) is 6.61 Å². The lowest BCUT2D eigenvalue weighted by molar-refractivity contribution is 0.180. The van der Waals surface area contributed by atoms with Gasteiger partial charge in [-0.2, -0.15) is 0 Å². The molecule has 0 aliphatic carbocycles. The van der Waals surface area contributed by atoms with Crippen LogP contribution in [0.4, 0.5) is 0 Å². The normalized spacial score (nSPS) is 22.9. The third-order valence-electron chi connectivity index (χ3n) is 3.18. The van der Waals surface area contributed by atoms with E-state index in [0.717, 1.165) is 32.5 Å². The summed E-state index contributed by atoms with van der Waals surface area (Å²) in [4.78, 5) is 0. The van der Waals surface area contributed by atoms with Crippen molar-refractivity contribution in [1.82, 2.24) is 0 Å². The number of aryl methyl sites for hydroxylation is 1. The Hall–Kier alpha value is -0.860. The lowest BCUT2D eigenvalue weighted by Crippen LogP contribution is -2.30. The first-order valence-corrected chi connectivity index (χ1v) is 5.73. The van der Waals surface area contributed by atoms with Crippen LogP contribution in [0.2, 0.25) is 0 Å². The lowest BCUT2D eigenvalue weighted by Gasteiger charge is -2.17. The maximum Gasteiger partial charge on any atom is 0.0509 e. The molecule has 1 aliphatic rings. The van der Waals surface area contributed by atoms with Crippen molar-refractivity contribution in [1.29, 1.82) is 0 Å². The minimum atomic E-state index is 0.299. The van der Waals surface area contributed by atoms with E-state index in [-0.39, 0.29) is 0 Å². The smallest absolute Gasteiger partial charge is 0.0509 e. The van der Waals surface area contributed by atoms with E-state index in [0.29, 0.717) is 12.0 Å². The molecule has 2 rings (SSSR count). The van der Waals surface area contributed by atoms with Gasteiger partial charge in [-0.3, -0.25) is 0 Å². The first-order chi connectivity index (χ1) is 7.36. The third-order valence-corrected chi connectivity index (χ3v) is 3.18. The second kappa shape index (κ2) is 5.29. The minimum absolute atomic E-state index is 0.299.